The molecule has 154 valence electrons. The van der Waals surface area contributed by atoms with Gasteiger partial charge in [-0.05, 0) is 54.9 Å². The van der Waals surface area contributed by atoms with Crippen molar-refractivity contribution < 1.29 is 5.11 Å². The molecule has 6 nitrogen and oxygen atoms in total. The van der Waals surface area contributed by atoms with E-state index in [9.17, 15) is 5.11 Å². The van der Waals surface area contributed by atoms with Crippen LogP contribution in [0.5, 0.6) is 0 Å². The fourth-order valence-electron chi connectivity index (χ4n) is 4.31. The van der Waals surface area contributed by atoms with Crippen molar-refractivity contribution in [3.63, 3.8) is 0 Å². The zero-order valence-electron chi connectivity index (χ0n) is 17.0. The molecular formula is C24H27N5O. The monoisotopic (exact) mass is 401 g/mol. The number of hydrogen-bond acceptors (Lipinski definition) is 6. The van der Waals surface area contributed by atoms with Gasteiger partial charge in [0.2, 0.25) is 0 Å². The van der Waals surface area contributed by atoms with Crippen LogP contribution in [0.4, 0.5) is 11.6 Å². The van der Waals surface area contributed by atoms with Gasteiger partial charge in [0.15, 0.2) is 5.82 Å². The van der Waals surface area contributed by atoms with Crippen LogP contribution < -0.4 is 10.2 Å². The van der Waals surface area contributed by atoms with Crippen molar-refractivity contribution in [3.8, 4) is 11.5 Å². The minimum absolute atomic E-state index is 0.138. The fraction of sp³-hybridized carbons (Fsp3) is 0.375. The maximum absolute atomic E-state index is 9.56. The summed E-state index contributed by atoms with van der Waals surface area (Å²) < 4.78 is 0. The van der Waals surface area contributed by atoms with E-state index in [1.807, 2.05) is 18.2 Å². The zero-order chi connectivity index (χ0) is 20.3. The van der Waals surface area contributed by atoms with Crippen molar-refractivity contribution in [3.05, 3.63) is 65.9 Å². The van der Waals surface area contributed by atoms with Crippen molar-refractivity contribution in [1.82, 2.24) is 15.0 Å². The number of fused-ring (bicyclic) bond motifs is 1. The molecule has 2 aliphatic rings. The lowest BCUT2D eigenvalue weighted by molar-refractivity contribution is 0.0486. The van der Waals surface area contributed by atoms with Crippen LogP contribution in [0.15, 0.2) is 54.7 Å². The Balaban J connectivity index is 1.41. The Labute approximate surface area is 177 Å². The summed E-state index contributed by atoms with van der Waals surface area (Å²) in [5.41, 5.74) is 3.64. The summed E-state index contributed by atoms with van der Waals surface area (Å²) in [6.07, 6.45) is 5.39. The largest absolute Gasteiger partial charge is 0.393 e. The van der Waals surface area contributed by atoms with E-state index in [0.29, 0.717) is 11.7 Å². The van der Waals surface area contributed by atoms with Gasteiger partial charge in [0.25, 0.3) is 0 Å². The van der Waals surface area contributed by atoms with Gasteiger partial charge < -0.3 is 15.3 Å². The number of rotatable bonds is 5. The summed E-state index contributed by atoms with van der Waals surface area (Å²) in [7, 11) is 0. The molecule has 1 aliphatic carbocycles. The Morgan fingerprint density at radius 1 is 0.967 bits per heavy atom. The molecule has 0 unspecified atom stereocenters. The normalized spacial score (nSPS) is 20.8. The van der Waals surface area contributed by atoms with Crippen LogP contribution in [0.1, 0.15) is 24.0 Å². The Morgan fingerprint density at radius 2 is 1.70 bits per heavy atom. The average molecular weight is 402 g/mol. The van der Waals surface area contributed by atoms with Crippen LogP contribution in [0.2, 0.25) is 0 Å². The van der Waals surface area contributed by atoms with Crippen molar-refractivity contribution in [2.45, 2.75) is 31.8 Å². The van der Waals surface area contributed by atoms with Crippen molar-refractivity contribution in [1.29, 1.82) is 0 Å². The van der Waals surface area contributed by atoms with Gasteiger partial charge in [-0.15, -0.1) is 0 Å². The van der Waals surface area contributed by atoms with Crippen molar-refractivity contribution in [2.24, 2.45) is 5.92 Å². The number of hydrogen-bond donors (Lipinski definition) is 2. The van der Waals surface area contributed by atoms with Crippen LogP contribution >= 0.6 is 0 Å². The second kappa shape index (κ2) is 8.40. The summed E-state index contributed by atoms with van der Waals surface area (Å²) in [4.78, 5) is 16.4. The Kier molecular flexibility index (Phi) is 5.32. The van der Waals surface area contributed by atoms with E-state index in [-0.39, 0.29) is 6.10 Å². The van der Waals surface area contributed by atoms with Gasteiger partial charge in [-0.3, -0.25) is 4.98 Å². The first-order chi connectivity index (χ1) is 14.7. The summed E-state index contributed by atoms with van der Waals surface area (Å²) in [5.74, 6) is 2.91. The molecular weight excluding hydrogens is 374 g/mol. The number of aromatic nitrogens is 3. The number of nitrogens with one attached hydrogen (secondary N) is 1. The standard InChI is InChI=1S/C24H27N5O/c30-20-13-17(14-20)16-26-22-15-23(28-24(27-22)21-7-3-4-10-25-21)29-11-8-18-5-1-2-6-19(18)9-12-29/h1-7,10,15,17,20,30H,8-9,11-14,16H2,(H,26,27,28). The predicted molar refractivity (Wildman–Crippen MR) is 119 cm³/mol. The number of aliphatic hydroxyl groups excluding tert-OH is 1. The van der Waals surface area contributed by atoms with Gasteiger partial charge in [-0.2, -0.15) is 0 Å². The third-order valence-electron chi connectivity index (χ3n) is 6.13. The molecule has 5 rings (SSSR count). The van der Waals surface area contributed by atoms with Crippen LogP contribution in [0.25, 0.3) is 11.5 Å². The van der Waals surface area contributed by atoms with Crippen LogP contribution in [-0.2, 0) is 12.8 Å². The number of benzene rings is 1. The summed E-state index contributed by atoms with van der Waals surface area (Å²) in [5, 5.41) is 13.0. The number of anilines is 2. The molecule has 0 atom stereocenters. The average Bonchev–Trinajstić information content (AvgIpc) is 2.99. The number of nitrogens with zero attached hydrogens (tertiary/aromatic N) is 4. The van der Waals surface area contributed by atoms with Crippen LogP contribution in [-0.4, -0.2) is 45.8 Å². The van der Waals surface area contributed by atoms with Gasteiger partial charge in [0, 0.05) is 31.9 Å². The van der Waals surface area contributed by atoms with E-state index in [2.05, 4.69) is 45.5 Å². The molecule has 0 saturated heterocycles. The minimum Gasteiger partial charge on any atom is -0.393 e. The Morgan fingerprint density at radius 3 is 2.37 bits per heavy atom. The Bertz CT molecular complexity index is 976. The molecule has 0 spiro atoms. The van der Waals surface area contributed by atoms with Gasteiger partial charge in [0.05, 0.1) is 6.10 Å². The van der Waals surface area contributed by atoms with Crippen molar-refractivity contribution in [2.75, 3.05) is 29.9 Å². The van der Waals surface area contributed by atoms with Gasteiger partial charge in [-0.25, -0.2) is 9.97 Å². The zero-order valence-corrected chi connectivity index (χ0v) is 17.0. The predicted octanol–water partition coefficient (Wildman–Crippen LogP) is 3.33. The second-order valence-corrected chi connectivity index (χ2v) is 8.28. The first-order valence-electron chi connectivity index (χ1n) is 10.8. The molecule has 1 aromatic carbocycles. The summed E-state index contributed by atoms with van der Waals surface area (Å²) in [6, 6.07) is 16.6. The van der Waals surface area contributed by atoms with Gasteiger partial charge >= 0.3 is 0 Å². The molecule has 0 amide bonds. The third kappa shape index (κ3) is 4.14. The van der Waals surface area contributed by atoms with E-state index >= 15 is 0 Å². The number of aliphatic hydroxyl groups is 1. The molecule has 0 radical (unpaired) electrons. The third-order valence-corrected chi connectivity index (χ3v) is 6.13. The highest BCUT2D eigenvalue weighted by Gasteiger charge is 2.27. The molecule has 2 aromatic heterocycles. The molecule has 1 fully saturated rings. The molecule has 1 saturated carbocycles. The molecule has 3 heterocycles. The van der Waals surface area contributed by atoms with E-state index < -0.39 is 0 Å². The van der Waals surface area contributed by atoms with E-state index in [1.165, 1.54) is 11.1 Å². The quantitative estimate of drug-likeness (QED) is 0.683. The highest BCUT2D eigenvalue weighted by molar-refractivity contribution is 5.59. The highest BCUT2D eigenvalue weighted by Crippen LogP contribution is 2.28. The van der Waals surface area contributed by atoms with Crippen molar-refractivity contribution >= 4 is 11.6 Å². The van der Waals surface area contributed by atoms with E-state index in [0.717, 1.165) is 62.6 Å². The van der Waals surface area contributed by atoms with Crippen LogP contribution in [0.3, 0.4) is 0 Å². The lowest BCUT2D eigenvalue weighted by atomic mass is 9.82. The van der Waals surface area contributed by atoms with Gasteiger partial charge in [0.1, 0.15) is 17.3 Å². The lowest BCUT2D eigenvalue weighted by Gasteiger charge is -2.31. The fourth-order valence-corrected chi connectivity index (χ4v) is 4.31. The summed E-state index contributed by atoms with van der Waals surface area (Å²) in [6.45, 7) is 2.69. The molecule has 1 aliphatic heterocycles. The smallest absolute Gasteiger partial charge is 0.182 e. The first-order valence-corrected chi connectivity index (χ1v) is 10.8. The number of pyridine rings is 1. The Hall–Kier alpha value is -2.99. The summed E-state index contributed by atoms with van der Waals surface area (Å²) >= 11 is 0. The van der Waals surface area contributed by atoms with E-state index in [1.54, 1.807) is 6.20 Å². The molecule has 6 heteroatoms. The first kappa shape index (κ1) is 19.0. The minimum atomic E-state index is -0.138. The van der Waals surface area contributed by atoms with Gasteiger partial charge in [-0.1, -0.05) is 30.3 Å². The maximum Gasteiger partial charge on any atom is 0.182 e. The van der Waals surface area contributed by atoms with E-state index in [4.69, 9.17) is 9.97 Å². The molecule has 2 N–H and O–H groups in total. The highest BCUT2D eigenvalue weighted by atomic mass is 16.3. The molecule has 30 heavy (non-hydrogen) atoms. The SMILES string of the molecule is OC1CC(CNc2cc(N3CCc4ccccc4CC3)nc(-c3ccccn3)n2)C1. The second-order valence-electron chi connectivity index (χ2n) is 8.28. The lowest BCUT2D eigenvalue weighted by Crippen LogP contribution is -2.33. The molecule has 0 bridgehead atoms. The molecule has 3 aromatic rings. The maximum atomic E-state index is 9.56. The van der Waals surface area contributed by atoms with Crippen LogP contribution in [0, 0.1) is 5.92 Å². The topological polar surface area (TPSA) is 74.2 Å².